The van der Waals surface area contributed by atoms with Crippen molar-refractivity contribution in [2.24, 2.45) is 0 Å². The minimum absolute atomic E-state index is 0.487. The molecule has 0 atom stereocenters. The molecule has 3 heteroatoms. The van der Waals surface area contributed by atoms with Crippen LogP contribution in [0.4, 0.5) is 0 Å². The molecule has 1 heterocycles. The first-order valence-corrected chi connectivity index (χ1v) is 11.4. The van der Waals surface area contributed by atoms with Gasteiger partial charge in [-0.2, -0.15) is 5.26 Å². The molecule has 0 saturated heterocycles. The average Bonchev–Trinajstić information content (AvgIpc) is 3.38. The van der Waals surface area contributed by atoms with Crippen LogP contribution in [-0.4, -0.2) is 9.55 Å². The molecule has 3 nitrogen and oxygen atoms in total. The van der Waals surface area contributed by atoms with Gasteiger partial charge >= 0.3 is 0 Å². The lowest BCUT2D eigenvalue weighted by Gasteiger charge is -2.37. The van der Waals surface area contributed by atoms with Gasteiger partial charge in [-0.3, -0.25) is 0 Å². The van der Waals surface area contributed by atoms with E-state index in [2.05, 4.69) is 108 Å². The molecule has 5 rings (SSSR count). The van der Waals surface area contributed by atoms with Gasteiger partial charge in [-0.15, -0.1) is 0 Å². The minimum Gasteiger partial charge on any atom is -0.319 e. The highest BCUT2D eigenvalue weighted by atomic mass is 15.1. The first kappa shape index (κ1) is 20.3. The van der Waals surface area contributed by atoms with Gasteiger partial charge in [0.2, 0.25) is 0 Å². The molecule has 1 fully saturated rings. The number of benzene rings is 3. The van der Waals surface area contributed by atoms with Gasteiger partial charge in [0.15, 0.2) is 0 Å². The van der Waals surface area contributed by atoms with Gasteiger partial charge in [0.05, 0.1) is 18.1 Å². The number of imidazole rings is 1. The molecule has 32 heavy (non-hydrogen) atoms. The third-order valence-electron chi connectivity index (χ3n) is 6.96. The molecule has 1 saturated carbocycles. The van der Waals surface area contributed by atoms with Gasteiger partial charge in [-0.05, 0) is 29.5 Å². The monoisotopic (exact) mass is 417 g/mol. The Morgan fingerprint density at radius 2 is 1.19 bits per heavy atom. The van der Waals surface area contributed by atoms with Crippen LogP contribution in [0.1, 0.15) is 54.5 Å². The molecular formula is C29H27N3. The van der Waals surface area contributed by atoms with E-state index in [0.29, 0.717) is 0 Å². The second kappa shape index (κ2) is 8.48. The van der Waals surface area contributed by atoms with Gasteiger partial charge in [0.1, 0.15) is 11.0 Å². The Labute approximate surface area is 190 Å². The van der Waals surface area contributed by atoms with Gasteiger partial charge < -0.3 is 4.57 Å². The van der Waals surface area contributed by atoms with Crippen LogP contribution < -0.4 is 0 Å². The topological polar surface area (TPSA) is 41.6 Å². The summed E-state index contributed by atoms with van der Waals surface area (Å²) in [7, 11) is 0. The third-order valence-corrected chi connectivity index (χ3v) is 6.96. The molecule has 0 N–H and O–H groups in total. The number of nitriles is 1. The van der Waals surface area contributed by atoms with E-state index in [0.717, 1.165) is 48.1 Å². The van der Waals surface area contributed by atoms with E-state index in [9.17, 15) is 5.26 Å². The van der Waals surface area contributed by atoms with E-state index < -0.39 is 11.0 Å². The fourth-order valence-electron chi connectivity index (χ4n) is 5.32. The van der Waals surface area contributed by atoms with Crippen molar-refractivity contribution in [1.29, 1.82) is 5.26 Å². The molecular weight excluding hydrogens is 390 g/mol. The summed E-state index contributed by atoms with van der Waals surface area (Å²) >= 11 is 0. The molecule has 1 aromatic heterocycles. The third kappa shape index (κ3) is 3.24. The molecule has 1 aliphatic carbocycles. The van der Waals surface area contributed by atoms with Crippen LogP contribution in [0, 0.1) is 11.3 Å². The summed E-state index contributed by atoms with van der Waals surface area (Å²) in [5, 5.41) is 10.2. The van der Waals surface area contributed by atoms with E-state index in [4.69, 9.17) is 4.98 Å². The lowest BCUT2D eigenvalue weighted by Crippen LogP contribution is -2.37. The van der Waals surface area contributed by atoms with Crippen molar-refractivity contribution in [2.75, 3.05) is 0 Å². The van der Waals surface area contributed by atoms with Crippen LogP contribution >= 0.6 is 0 Å². The summed E-state index contributed by atoms with van der Waals surface area (Å²) in [5.74, 6) is 0. The predicted octanol–water partition coefficient (Wildman–Crippen LogP) is 6.45. The van der Waals surface area contributed by atoms with Gasteiger partial charge in [0.25, 0.3) is 0 Å². The van der Waals surface area contributed by atoms with Gasteiger partial charge in [0, 0.05) is 6.20 Å². The van der Waals surface area contributed by atoms with Gasteiger partial charge in [-0.25, -0.2) is 4.98 Å². The molecule has 0 bridgehead atoms. The Balaban J connectivity index is 1.79. The summed E-state index contributed by atoms with van der Waals surface area (Å²) in [6.45, 7) is 0. The Bertz CT molecular complexity index is 1100. The van der Waals surface area contributed by atoms with Gasteiger partial charge in [-0.1, -0.05) is 110 Å². The number of rotatable bonds is 5. The van der Waals surface area contributed by atoms with Crippen LogP contribution in [0.3, 0.4) is 0 Å². The van der Waals surface area contributed by atoms with Crippen LogP contribution in [0.15, 0.2) is 104 Å². The summed E-state index contributed by atoms with van der Waals surface area (Å²) in [5.41, 5.74) is 3.31. The van der Waals surface area contributed by atoms with Crippen molar-refractivity contribution < 1.29 is 0 Å². The highest BCUT2D eigenvalue weighted by Gasteiger charge is 2.41. The summed E-state index contributed by atoms with van der Waals surface area (Å²) in [6, 6.07) is 34.4. The van der Waals surface area contributed by atoms with Crippen LogP contribution in [0.2, 0.25) is 0 Å². The number of nitrogens with zero attached hydrogens (tertiary/aromatic N) is 3. The lowest BCUT2D eigenvalue weighted by atomic mass is 9.73. The Morgan fingerprint density at radius 3 is 1.62 bits per heavy atom. The highest BCUT2D eigenvalue weighted by Crippen LogP contribution is 2.43. The van der Waals surface area contributed by atoms with E-state index in [-0.39, 0.29) is 0 Å². The van der Waals surface area contributed by atoms with E-state index in [1.54, 1.807) is 0 Å². The van der Waals surface area contributed by atoms with Crippen molar-refractivity contribution in [3.63, 3.8) is 0 Å². The summed E-state index contributed by atoms with van der Waals surface area (Å²) in [4.78, 5) is 4.87. The number of hydrogen-bond donors (Lipinski definition) is 0. The van der Waals surface area contributed by atoms with Crippen molar-refractivity contribution >= 4 is 0 Å². The highest BCUT2D eigenvalue weighted by molar-refractivity contribution is 5.51. The molecule has 0 radical (unpaired) electrons. The molecule has 4 aromatic rings. The first-order valence-electron chi connectivity index (χ1n) is 11.4. The second-order valence-electron chi connectivity index (χ2n) is 8.73. The number of aromatic nitrogens is 2. The van der Waals surface area contributed by atoms with Crippen LogP contribution in [0.5, 0.6) is 0 Å². The van der Waals surface area contributed by atoms with E-state index in [1.165, 1.54) is 6.42 Å². The largest absolute Gasteiger partial charge is 0.319 e. The zero-order valence-corrected chi connectivity index (χ0v) is 18.2. The second-order valence-corrected chi connectivity index (χ2v) is 8.73. The zero-order valence-electron chi connectivity index (χ0n) is 18.2. The maximum atomic E-state index is 10.2. The zero-order chi connectivity index (χ0) is 21.9. The minimum atomic E-state index is -0.583. The fraction of sp³-hybridized carbons (Fsp3) is 0.241. The fourth-order valence-corrected chi connectivity index (χ4v) is 5.32. The Morgan fingerprint density at radius 1 is 0.719 bits per heavy atom. The van der Waals surface area contributed by atoms with Crippen LogP contribution in [0.25, 0.3) is 0 Å². The summed E-state index contributed by atoms with van der Waals surface area (Å²) in [6.07, 6.45) is 9.19. The SMILES string of the molecule is N#CC1(c2cn(C(c3ccccc3)(c3ccccc3)c3ccccc3)cn2)CCCCC1. The average molecular weight is 418 g/mol. The van der Waals surface area contributed by atoms with Crippen molar-refractivity contribution in [3.05, 3.63) is 126 Å². The molecule has 0 aliphatic heterocycles. The molecule has 1 aliphatic rings. The lowest BCUT2D eigenvalue weighted by molar-refractivity contribution is 0.359. The predicted molar refractivity (Wildman–Crippen MR) is 127 cm³/mol. The number of hydrogen-bond acceptors (Lipinski definition) is 2. The molecule has 0 spiro atoms. The van der Waals surface area contributed by atoms with Crippen LogP contribution in [-0.2, 0) is 11.0 Å². The maximum Gasteiger partial charge on any atom is 0.121 e. The Hall–Kier alpha value is -3.64. The molecule has 158 valence electrons. The van der Waals surface area contributed by atoms with Crippen molar-refractivity contribution in [1.82, 2.24) is 9.55 Å². The standard InChI is InChI=1S/C29H27N3/c30-22-28(19-11-4-12-20-28)27-21-32(23-31-27)29(24-13-5-1-6-14-24,25-15-7-2-8-16-25)26-17-9-3-10-18-26/h1-3,5-10,13-18,21,23H,4,11-12,19-20H2. The Kier molecular flexibility index (Phi) is 5.37. The summed E-state index contributed by atoms with van der Waals surface area (Å²) < 4.78 is 2.22. The first-order chi connectivity index (χ1) is 15.8. The normalized spacial score (nSPS) is 15.7. The van der Waals surface area contributed by atoms with Crippen molar-refractivity contribution in [3.8, 4) is 6.07 Å². The maximum absolute atomic E-state index is 10.2. The smallest absolute Gasteiger partial charge is 0.121 e. The van der Waals surface area contributed by atoms with Crippen molar-refractivity contribution in [2.45, 2.75) is 43.1 Å². The van der Waals surface area contributed by atoms with E-state index >= 15 is 0 Å². The molecule has 3 aromatic carbocycles. The van der Waals surface area contributed by atoms with E-state index in [1.807, 2.05) is 6.33 Å². The molecule has 0 amide bonds. The molecule has 0 unspecified atom stereocenters. The quantitative estimate of drug-likeness (QED) is 0.350.